The van der Waals surface area contributed by atoms with Crippen molar-refractivity contribution >= 4 is 32.6 Å². The molecule has 2 fully saturated rings. The molecule has 1 aromatic carbocycles. The van der Waals surface area contributed by atoms with Gasteiger partial charge < -0.3 is 35.8 Å². The number of benzene rings is 1. The molecular weight excluding hydrogens is 516 g/mol. The van der Waals surface area contributed by atoms with Crippen LogP contribution in [0.1, 0.15) is 11.8 Å². The number of fused-ring (bicyclic) bond motifs is 1. The van der Waals surface area contributed by atoms with E-state index in [9.17, 15) is 23.4 Å². The molecule has 38 heavy (non-hydrogen) atoms. The lowest BCUT2D eigenvalue weighted by Gasteiger charge is -2.34. The molecule has 0 spiro atoms. The Morgan fingerprint density at radius 1 is 1.21 bits per heavy atom. The fourth-order valence-electron chi connectivity index (χ4n) is 4.90. The molecule has 0 unspecified atom stereocenters. The first-order valence-corrected chi connectivity index (χ1v) is 14.1. The number of nitrogen functional groups attached to an aromatic ring is 1. The van der Waals surface area contributed by atoms with E-state index in [1.165, 1.54) is 17.2 Å². The van der Waals surface area contributed by atoms with Gasteiger partial charge in [0.1, 0.15) is 18.3 Å². The fraction of sp³-hybridized carbons (Fsp3) is 0.522. The predicted octanol–water partition coefficient (Wildman–Crippen LogP) is -1.73. The topological polar surface area (TPSA) is 192 Å². The van der Waals surface area contributed by atoms with E-state index < -0.39 is 39.9 Å². The zero-order chi connectivity index (χ0) is 27.2. The number of imidazole rings is 1. The van der Waals surface area contributed by atoms with Crippen molar-refractivity contribution in [3.05, 3.63) is 40.4 Å². The second-order valence-electron chi connectivity index (χ2n) is 9.81. The summed E-state index contributed by atoms with van der Waals surface area (Å²) >= 11 is 0. The normalized spacial score (nSPS) is 24.9. The molecule has 0 saturated carbocycles. The van der Waals surface area contributed by atoms with Crippen LogP contribution >= 0.6 is 0 Å². The monoisotopic (exact) mass is 548 g/mol. The number of nitrogens with one attached hydrogen (secondary N) is 2. The number of aliphatic hydroxyl groups is 2. The number of aromatic amines is 1. The Balaban J connectivity index is 1.28. The lowest BCUT2D eigenvalue weighted by atomic mass is 10.1. The summed E-state index contributed by atoms with van der Waals surface area (Å²) in [5, 5.41) is 24.4. The minimum atomic E-state index is -3.49. The largest absolute Gasteiger partial charge is 0.387 e. The fourth-order valence-corrected chi connectivity index (χ4v) is 5.85. The predicted molar refractivity (Wildman–Crippen MR) is 139 cm³/mol. The van der Waals surface area contributed by atoms with E-state index >= 15 is 0 Å². The van der Waals surface area contributed by atoms with Gasteiger partial charge in [0, 0.05) is 51.2 Å². The molecule has 3 aromatic rings. The Kier molecular flexibility index (Phi) is 7.15. The summed E-state index contributed by atoms with van der Waals surface area (Å²) in [6.07, 6.45) is -1.97. The van der Waals surface area contributed by atoms with Gasteiger partial charge in [-0.05, 0) is 24.7 Å². The average molecular weight is 549 g/mol. The second kappa shape index (κ2) is 10.2. The molecule has 2 aromatic heterocycles. The molecule has 2 aliphatic rings. The number of likely N-dealkylation sites (N-methyl/N-ethyl adjacent to an activating group) is 1. The first-order chi connectivity index (χ1) is 18.0. The number of nitrogens with zero attached hydrogens (tertiary/aromatic N) is 5. The Hall–Kier alpha value is -3.08. The van der Waals surface area contributed by atoms with E-state index in [-0.39, 0.29) is 35.1 Å². The van der Waals surface area contributed by atoms with Gasteiger partial charge in [0.15, 0.2) is 27.2 Å². The van der Waals surface area contributed by atoms with Gasteiger partial charge in [0.05, 0.1) is 11.2 Å². The molecule has 0 amide bonds. The van der Waals surface area contributed by atoms with Gasteiger partial charge in [0.25, 0.3) is 5.56 Å². The number of rotatable bonds is 7. The number of aliphatic hydroxyl groups excluding tert-OH is 2. The van der Waals surface area contributed by atoms with Crippen LogP contribution in [0.2, 0.25) is 0 Å². The van der Waals surface area contributed by atoms with E-state index in [0.29, 0.717) is 5.56 Å². The highest BCUT2D eigenvalue weighted by molar-refractivity contribution is 7.90. The van der Waals surface area contributed by atoms with Gasteiger partial charge in [-0.15, -0.1) is 0 Å². The Bertz CT molecular complexity index is 1480. The van der Waals surface area contributed by atoms with Crippen LogP contribution in [0.25, 0.3) is 11.2 Å². The van der Waals surface area contributed by atoms with Gasteiger partial charge in [0.2, 0.25) is 5.95 Å². The SMILES string of the molecule is CN1CCN(c2ccc(CNC[C@H]3O[C@@H](n4cnc5c(=O)[nH]c(N)nc54)[C@H](O)[C@@H]3O)c(S(C)(=O)=O)c2)CC1. The molecule has 0 radical (unpaired) electrons. The molecule has 4 heterocycles. The molecule has 206 valence electrons. The van der Waals surface area contributed by atoms with Crippen LogP contribution in [-0.2, 0) is 21.1 Å². The summed E-state index contributed by atoms with van der Waals surface area (Å²) < 4.78 is 32.4. The maximum absolute atomic E-state index is 12.6. The summed E-state index contributed by atoms with van der Waals surface area (Å²) in [6.45, 7) is 3.79. The summed E-state index contributed by atoms with van der Waals surface area (Å²) in [5.41, 5.74) is 6.72. The van der Waals surface area contributed by atoms with Crippen molar-refractivity contribution in [3.63, 3.8) is 0 Å². The van der Waals surface area contributed by atoms with Crippen LogP contribution in [0.3, 0.4) is 0 Å². The summed E-state index contributed by atoms with van der Waals surface area (Å²) in [4.78, 5) is 27.2. The number of piperazine rings is 1. The Morgan fingerprint density at radius 3 is 2.66 bits per heavy atom. The molecule has 15 heteroatoms. The number of H-pyrrole nitrogens is 1. The lowest BCUT2D eigenvalue weighted by molar-refractivity contribution is -0.0342. The second-order valence-corrected chi connectivity index (χ2v) is 11.8. The van der Waals surface area contributed by atoms with Gasteiger partial charge in [-0.2, -0.15) is 4.98 Å². The van der Waals surface area contributed by atoms with Crippen molar-refractivity contribution in [2.24, 2.45) is 0 Å². The third-order valence-corrected chi connectivity index (χ3v) is 8.22. The van der Waals surface area contributed by atoms with Crippen molar-refractivity contribution < 1.29 is 23.4 Å². The average Bonchev–Trinajstić information content (AvgIpc) is 3.40. The molecule has 2 saturated heterocycles. The quantitative estimate of drug-likeness (QED) is 0.224. The van der Waals surface area contributed by atoms with Crippen LogP contribution in [0.15, 0.2) is 34.2 Å². The third kappa shape index (κ3) is 5.12. The Morgan fingerprint density at radius 2 is 1.95 bits per heavy atom. The minimum absolute atomic E-state index is 0.0272. The number of hydrogen-bond acceptors (Lipinski definition) is 12. The highest BCUT2D eigenvalue weighted by atomic mass is 32.2. The van der Waals surface area contributed by atoms with Crippen LogP contribution in [-0.4, -0.2) is 107 Å². The van der Waals surface area contributed by atoms with Gasteiger partial charge in [-0.1, -0.05) is 6.07 Å². The number of sulfone groups is 1. The van der Waals surface area contributed by atoms with Crippen LogP contribution in [0.5, 0.6) is 0 Å². The lowest BCUT2D eigenvalue weighted by Crippen LogP contribution is -2.44. The first kappa shape index (κ1) is 26.5. The Labute approximate surface area is 219 Å². The van der Waals surface area contributed by atoms with Gasteiger partial charge >= 0.3 is 0 Å². The highest BCUT2D eigenvalue weighted by Crippen LogP contribution is 2.31. The van der Waals surface area contributed by atoms with Crippen molar-refractivity contribution in [2.45, 2.75) is 36.0 Å². The summed E-state index contributed by atoms with van der Waals surface area (Å²) in [7, 11) is -1.43. The molecule has 14 nitrogen and oxygen atoms in total. The maximum Gasteiger partial charge on any atom is 0.280 e. The van der Waals surface area contributed by atoms with E-state index in [1.807, 2.05) is 6.07 Å². The van der Waals surface area contributed by atoms with E-state index in [4.69, 9.17) is 10.5 Å². The minimum Gasteiger partial charge on any atom is -0.387 e. The summed E-state index contributed by atoms with van der Waals surface area (Å²) in [6, 6.07) is 5.43. The molecular formula is C23H32N8O6S. The van der Waals surface area contributed by atoms with E-state index in [1.54, 1.807) is 12.1 Å². The standard InChI is InChI=1S/C23H32N8O6S/c1-29-5-7-30(8-6-29)14-4-3-13(16(9-14)38(2,35)36)10-25-11-15-18(32)19(33)22(37-15)31-12-26-17-20(31)27-23(24)28-21(17)34/h3-4,9,12,15,18-19,22,25,32-33H,5-8,10-11H2,1-2H3,(H3,24,27,28,34)/t15-,18-,19-,22-/m1/s1. The molecule has 5 rings (SSSR count). The van der Waals surface area contributed by atoms with Crippen LogP contribution in [0.4, 0.5) is 11.6 Å². The number of ether oxygens (including phenoxy) is 1. The number of aromatic nitrogens is 4. The van der Waals surface area contributed by atoms with Crippen molar-refractivity contribution in [1.29, 1.82) is 0 Å². The smallest absolute Gasteiger partial charge is 0.280 e. The molecule has 0 aliphatic carbocycles. The van der Waals surface area contributed by atoms with Crippen LogP contribution in [0, 0.1) is 0 Å². The first-order valence-electron chi connectivity index (χ1n) is 12.2. The zero-order valence-corrected chi connectivity index (χ0v) is 21.9. The van der Waals surface area contributed by atoms with Crippen molar-refractivity contribution in [2.75, 3.05) is 56.7 Å². The molecule has 0 bridgehead atoms. The number of hydrogen-bond donors (Lipinski definition) is 5. The van der Waals surface area contributed by atoms with Gasteiger partial charge in [-0.25, -0.2) is 13.4 Å². The van der Waals surface area contributed by atoms with Crippen molar-refractivity contribution in [1.82, 2.24) is 29.7 Å². The third-order valence-electron chi connectivity index (χ3n) is 7.04. The van der Waals surface area contributed by atoms with Gasteiger partial charge in [-0.3, -0.25) is 14.3 Å². The van der Waals surface area contributed by atoms with Crippen LogP contribution < -0.4 is 21.5 Å². The molecule has 6 N–H and O–H groups in total. The summed E-state index contributed by atoms with van der Waals surface area (Å²) in [5.74, 6) is -0.115. The van der Waals surface area contributed by atoms with Crippen molar-refractivity contribution in [3.8, 4) is 0 Å². The molecule has 4 atom stereocenters. The van der Waals surface area contributed by atoms with E-state index in [0.717, 1.165) is 31.9 Å². The molecule has 2 aliphatic heterocycles. The highest BCUT2D eigenvalue weighted by Gasteiger charge is 2.44. The number of nitrogens with two attached hydrogens (primary N) is 1. The maximum atomic E-state index is 12.6. The zero-order valence-electron chi connectivity index (χ0n) is 21.1. The number of anilines is 2. The van der Waals surface area contributed by atoms with E-state index in [2.05, 4.69) is 37.1 Å².